The Morgan fingerprint density at radius 3 is 2.44 bits per heavy atom. The van der Waals surface area contributed by atoms with Crippen LogP contribution in [0.4, 0.5) is 9.18 Å². The lowest BCUT2D eigenvalue weighted by Crippen LogP contribution is -2.41. The Morgan fingerprint density at radius 2 is 1.89 bits per heavy atom. The molecule has 1 aromatic rings. The van der Waals surface area contributed by atoms with E-state index in [1.807, 2.05) is 13.8 Å². The van der Waals surface area contributed by atoms with Gasteiger partial charge in [0, 0.05) is 13.1 Å². The second kappa shape index (κ2) is 7.53. The summed E-state index contributed by atoms with van der Waals surface area (Å²) < 4.78 is 18.0. The molecule has 0 spiro atoms. The lowest BCUT2D eigenvalue weighted by atomic mass is 10.3. The van der Waals surface area contributed by atoms with Crippen LogP contribution in [-0.2, 0) is 0 Å². The van der Waals surface area contributed by atoms with Gasteiger partial charge in [-0.15, -0.1) is 0 Å². The van der Waals surface area contributed by atoms with Gasteiger partial charge in [-0.1, -0.05) is 0 Å². The van der Waals surface area contributed by atoms with Crippen molar-refractivity contribution in [3.8, 4) is 5.75 Å². The van der Waals surface area contributed by atoms with Gasteiger partial charge in [0.15, 0.2) is 0 Å². The Bertz CT molecular complexity index is 364. The number of amides is 2. The number of halogens is 1. The highest BCUT2D eigenvalue weighted by atomic mass is 19.1. The molecule has 2 amide bonds. The molecule has 5 heteroatoms. The summed E-state index contributed by atoms with van der Waals surface area (Å²) in [5.41, 5.74) is 0. The Kier molecular flexibility index (Phi) is 5.97. The molecule has 1 N–H and O–H groups in total. The van der Waals surface area contributed by atoms with Crippen LogP contribution >= 0.6 is 0 Å². The van der Waals surface area contributed by atoms with Crippen molar-refractivity contribution in [1.82, 2.24) is 10.2 Å². The SMILES string of the molecule is CCN(CC)C(=O)NCCOc1ccc(F)cc1. The van der Waals surface area contributed by atoms with Gasteiger partial charge in [-0.25, -0.2) is 9.18 Å². The Balaban J connectivity index is 2.22. The van der Waals surface area contributed by atoms with Crippen molar-refractivity contribution in [2.45, 2.75) is 13.8 Å². The molecular weight excluding hydrogens is 235 g/mol. The number of rotatable bonds is 6. The van der Waals surface area contributed by atoms with E-state index in [2.05, 4.69) is 5.32 Å². The quantitative estimate of drug-likeness (QED) is 0.791. The minimum atomic E-state index is -0.294. The molecule has 0 aliphatic carbocycles. The van der Waals surface area contributed by atoms with E-state index >= 15 is 0 Å². The molecule has 0 fully saturated rings. The van der Waals surface area contributed by atoms with Crippen LogP contribution in [0.3, 0.4) is 0 Å². The lowest BCUT2D eigenvalue weighted by molar-refractivity contribution is 0.200. The number of ether oxygens (including phenoxy) is 1. The summed E-state index contributed by atoms with van der Waals surface area (Å²) in [5, 5.41) is 2.75. The number of benzene rings is 1. The van der Waals surface area contributed by atoms with E-state index in [4.69, 9.17) is 4.74 Å². The first-order valence-electron chi connectivity index (χ1n) is 6.08. The molecule has 18 heavy (non-hydrogen) atoms. The first-order chi connectivity index (χ1) is 8.67. The van der Waals surface area contributed by atoms with Gasteiger partial charge in [-0.3, -0.25) is 0 Å². The van der Waals surface area contributed by atoms with Crippen LogP contribution in [-0.4, -0.2) is 37.2 Å². The second-order valence-electron chi connectivity index (χ2n) is 3.71. The summed E-state index contributed by atoms with van der Waals surface area (Å²) in [7, 11) is 0. The highest BCUT2D eigenvalue weighted by Crippen LogP contribution is 2.10. The third-order valence-corrected chi connectivity index (χ3v) is 2.51. The highest BCUT2D eigenvalue weighted by molar-refractivity contribution is 5.73. The average molecular weight is 254 g/mol. The number of carbonyl (C=O) groups is 1. The predicted octanol–water partition coefficient (Wildman–Crippen LogP) is 2.26. The van der Waals surface area contributed by atoms with Gasteiger partial charge < -0.3 is 15.0 Å². The number of hydrogen-bond donors (Lipinski definition) is 1. The smallest absolute Gasteiger partial charge is 0.317 e. The summed E-state index contributed by atoms with van der Waals surface area (Å²) in [6.45, 7) is 6.00. The first-order valence-corrected chi connectivity index (χ1v) is 6.08. The topological polar surface area (TPSA) is 41.6 Å². The van der Waals surface area contributed by atoms with Crippen LogP contribution in [0.1, 0.15) is 13.8 Å². The summed E-state index contributed by atoms with van der Waals surface area (Å²) in [5.74, 6) is 0.297. The van der Waals surface area contributed by atoms with Gasteiger partial charge in [0.1, 0.15) is 18.2 Å². The summed E-state index contributed by atoms with van der Waals surface area (Å²) in [6.07, 6.45) is 0. The van der Waals surface area contributed by atoms with E-state index in [9.17, 15) is 9.18 Å². The minimum absolute atomic E-state index is 0.0947. The van der Waals surface area contributed by atoms with Crippen LogP contribution in [0.2, 0.25) is 0 Å². The summed E-state index contributed by atoms with van der Waals surface area (Å²) in [6, 6.07) is 5.69. The molecule has 0 aromatic heterocycles. The lowest BCUT2D eigenvalue weighted by Gasteiger charge is -2.19. The van der Waals surface area contributed by atoms with Crippen molar-refractivity contribution in [3.63, 3.8) is 0 Å². The predicted molar refractivity (Wildman–Crippen MR) is 68.2 cm³/mol. The van der Waals surface area contributed by atoms with Crippen molar-refractivity contribution >= 4 is 6.03 Å². The fraction of sp³-hybridized carbons (Fsp3) is 0.462. The van der Waals surface area contributed by atoms with Gasteiger partial charge in [-0.2, -0.15) is 0 Å². The van der Waals surface area contributed by atoms with Crippen molar-refractivity contribution in [2.75, 3.05) is 26.2 Å². The van der Waals surface area contributed by atoms with Crippen molar-refractivity contribution in [2.24, 2.45) is 0 Å². The highest BCUT2D eigenvalue weighted by Gasteiger charge is 2.07. The Hall–Kier alpha value is -1.78. The maximum Gasteiger partial charge on any atom is 0.317 e. The molecule has 1 rings (SSSR count). The summed E-state index contributed by atoms with van der Waals surface area (Å²) >= 11 is 0. The largest absolute Gasteiger partial charge is 0.492 e. The van der Waals surface area contributed by atoms with Crippen molar-refractivity contribution in [3.05, 3.63) is 30.1 Å². The van der Waals surface area contributed by atoms with Gasteiger partial charge in [0.25, 0.3) is 0 Å². The van der Waals surface area contributed by atoms with Crippen LogP contribution in [0.15, 0.2) is 24.3 Å². The molecular formula is C13H19FN2O2. The maximum atomic E-state index is 12.6. The Labute approximate surface area is 107 Å². The molecule has 0 bridgehead atoms. The van der Waals surface area contributed by atoms with Gasteiger partial charge >= 0.3 is 6.03 Å². The molecule has 0 atom stereocenters. The monoisotopic (exact) mass is 254 g/mol. The molecule has 100 valence electrons. The minimum Gasteiger partial charge on any atom is -0.492 e. The van der Waals surface area contributed by atoms with E-state index in [0.29, 0.717) is 32.0 Å². The van der Waals surface area contributed by atoms with Gasteiger partial charge in [-0.05, 0) is 38.1 Å². The van der Waals surface area contributed by atoms with Crippen LogP contribution in [0.25, 0.3) is 0 Å². The normalized spacial score (nSPS) is 9.94. The van der Waals surface area contributed by atoms with Crippen molar-refractivity contribution < 1.29 is 13.9 Å². The van der Waals surface area contributed by atoms with E-state index in [1.165, 1.54) is 12.1 Å². The molecule has 0 saturated heterocycles. The molecule has 4 nitrogen and oxygen atoms in total. The first kappa shape index (κ1) is 14.3. The number of nitrogens with zero attached hydrogens (tertiary/aromatic N) is 1. The van der Waals surface area contributed by atoms with E-state index in [0.717, 1.165) is 0 Å². The number of nitrogens with one attached hydrogen (secondary N) is 1. The van der Waals surface area contributed by atoms with E-state index in [1.54, 1.807) is 17.0 Å². The molecule has 0 aliphatic heterocycles. The van der Waals surface area contributed by atoms with Gasteiger partial charge in [0.2, 0.25) is 0 Å². The fourth-order valence-electron chi connectivity index (χ4n) is 1.48. The zero-order valence-electron chi connectivity index (χ0n) is 10.8. The van der Waals surface area contributed by atoms with E-state index in [-0.39, 0.29) is 11.8 Å². The number of urea groups is 1. The van der Waals surface area contributed by atoms with Crippen molar-refractivity contribution in [1.29, 1.82) is 0 Å². The average Bonchev–Trinajstić information content (AvgIpc) is 2.38. The van der Waals surface area contributed by atoms with Crippen LogP contribution in [0.5, 0.6) is 5.75 Å². The fourth-order valence-corrected chi connectivity index (χ4v) is 1.48. The zero-order valence-corrected chi connectivity index (χ0v) is 10.8. The molecule has 1 aromatic carbocycles. The van der Waals surface area contributed by atoms with E-state index < -0.39 is 0 Å². The van der Waals surface area contributed by atoms with Crippen LogP contribution < -0.4 is 10.1 Å². The molecule has 0 saturated carbocycles. The molecule has 0 aliphatic rings. The molecule has 0 heterocycles. The van der Waals surface area contributed by atoms with Gasteiger partial charge in [0.05, 0.1) is 6.54 Å². The zero-order chi connectivity index (χ0) is 13.4. The number of hydrogen-bond acceptors (Lipinski definition) is 2. The third kappa shape index (κ3) is 4.61. The maximum absolute atomic E-state index is 12.6. The summed E-state index contributed by atoms with van der Waals surface area (Å²) in [4.78, 5) is 13.3. The standard InChI is InChI=1S/C13H19FN2O2/c1-3-16(4-2)13(17)15-9-10-18-12-7-5-11(14)6-8-12/h5-8H,3-4,9-10H2,1-2H3,(H,15,17). The third-order valence-electron chi connectivity index (χ3n) is 2.51. The number of carbonyl (C=O) groups excluding carboxylic acids is 1. The van der Waals surface area contributed by atoms with Crippen LogP contribution in [0, 0.1) is 5.82 Å². The molecule has 0 radical (unpaired) electrons. The Morgan fingerprint density at radius 1 is 1.28 bits per heavy atom. The molecule has 0 unspecified atom stereocenters. The second-order valence-corrected chi connectivity index (χ2v) is 3.71.